The zero-order valence-corrected chi connectivity index (χ0v) is 11.3. The molecule has 4 nitrogen and oxygen atoms in total. The highest BCUT2D eigenvalue weighted by molar-refractivity contribution is 5.93. The van der Waals surface area contributed by atoms with E-state index in [0.29, 0.717) is 16.8 Å². The number of nitrogens with one attached hydrogen (secondary N) is 1. The Bertz CT molecular complexity index is 654. The van der Waals surface area contributed by atoms with Crippen molar-refractivity contribution in [3.8, 4) is 0 Å². The van der Waals surface area contributed by atoms with E-state index in [4.69, 9.17) is 5.73 Å². The largest absolute Gasteiger partial charge is 0.369 e. The van der Waals surface area contributed by atoms with Gasteiger partial charge >= 0.3 is 0 Å². The molecule has 2 amide bonds. The van der Waals surface area contributed by atoms with E-state index < -0.39 is 5.91 Å². The van der Waals surface area contributed by atoms with E-state index in [9.17, 15) is 14.0 Å². The fraction of sp³-hybridized carbons (Fsp3) is 0.125. The van der Waals surface area contributed by atoms with E-state index in [2.05, 4.69) is 5.32 Å². The molecule has 21 heavy (non-hydrogen) atoms. The summed E-state index contributed by atoms with van der Waals surface area (Å²) in [6.45, 7) is 0. The average molecular weight is 286 g/mol. The number of primary amides is 1. The third kappa shape index (κ3) is 4.42. The molecule has 0 saturated carbocycles. The molecule has 5 heteroatoms. The van der Waals surface area contributed by atoms with Gasteiger partial charge in [0.05, 0.1) is 12.8 Å². The molecule has 0 saturated heterocycles. The Morgan fingerprint density at radius 1 is 1.00 bits per heavy atom. The number of rotatable bonds is 5. The van der Waals surface area contributed by atoms with Crippen molar-refractivity contribution in [2.75, 3.05) is 5.32 Å². The summed E-state index contributed by atoms with van der Waals surface area (Å²) in [6.07, 6.45) is 0.193. The van der Waals surface area contributed by atoms with Gasteiger partial charge in [0.15, 0.2) is 0 Å². The lowest BCUT2D eigenvalue weighted by Gasteiger charge is -2.10. The zero-order valence-electron chi connectivity index (χ0n) is 11.3. The standard InChI is InChI=1S/C16H15FN2O2/c17-13-7-5-11(6-8-13)9-16(21)19-14-4-2-1-3-12(14)10-15(18)20/h1-8H,9-10H2,(H2,18,20)(H,19,21). The predicted molar refractivity (Wildman–Crippen MR) is 78.1 cm³/mol. The Morgan fingerprint density at radius 3 is 2.33 bits per heavy atom. The molecule has 2 aromatic rings. The Hall–Kier alpha value is -2.69. The van der Waals surface area contributed by atoms with Gasteiger partial charge < -0.3 is 11.1 Å². The van der Waals surface area contributed by atoms with Crippen molar-refractivity contribution >= 4 is 17.5 Å². The lowest BCUT2D eigenvalue weighted by molar-refractivity contribution is -0.117. The second-order valence-corrected chi connectivity index (χ2v) is 4.65. The number of hydrogen-bond acceptors (Lipinski definition) is 2. The third-order valence-corrected chi connectivity index (χ3v) is 2.93. The van der Waals surface area contributed by atoms with Crippen molar-refractivity contribution in [1.82, 2.24) is 0 Å². The molecule has 2 rings (SSSR count). The highest BCUT2D eigenvalue weighted by Crippen LogP contribution is 2.16. The summed E-state index contributed by atoms with van der Waals surface area (Å²) in [7, 11) is 0. The molecular formula is C16H15FN2O2. The van der Waals surface area contributed by atoms with Crippen molar-refractivity contribution in [3.63, 3.8) is 0 Å². The van der Waals surface area contributed by atoms with Crippen LogP contribution >= 0.6 is 0 Å². The Morgan fingerprint density at radius 2 is 1.67 bits per heavy atom. The second kappa shape index (κ2) is 6.65. The van der Waals surface area contributed by atoms with Gasteiger partial charge in [0.25, 0.3) is 0 Å². The number of anilines is 1. The van der Waals surface area contributed by atoms with Crippen LogP contribution in [0.4, 0.5) is 10.1 Å². The van der Waals surface area contributed by atoms with Gasteiger partial charge in [0.2, 0.25) is 11.8 Å². The van der Waals surface area contributed by atoms with Crippen LogP contribution in [0.5, 0.6) is 0 Å². The molecule has 108 valence electrons. The Labute approximate surface area is 121 Å². The van der Waals surface area contributed by atoms with Crippen LogP contribution in [0.1, 0.15) is 11.1 Å². The normalized spacial score (nSPS) is 10.1. The number of halogens is 1. The first-order valence-electron chi connectivity index (χ1n) is 6.45. The number of hydrogen-bond donors (Lipinski definition) is 2. The first-order chi connectivity index (χ1) is 10.0. The van der Waals surface area contributed by atoms with Gasteiger partial charge in [-0.1, -0.05) is 30.3 Å². The molecule has 3 N–H and O–H groups in total. The van der Waals surface area contributed by atoms with Gasteiger partial charge in [-0.2, -0.15) is 0 Å². The van der Waals surface area contributed by atoms with Crippen molar-refractivity contribution in [3.05, 3.63) is 65.5 Å². The van der Waals surface area contributed by atoms with Gasteiger partial charge in [0, 0.05) is 5.69 Å². The van der Waals surface area contributed by atoms with Crippen LogP contribution in [0.15, 0.2) is 48.5 Å². The Balaban J connectivity index is 2.05. The van der Waals surface area contributed by atoms with E-state index in [1.54, 1.807) is 36.4 Å². The van der Waals surface area contributed by atoms with Gasteiger partial charge in [-0.15, -0.1) is 0 Å². The first kappa shape index (κ1) is 14.7. The number of para-hydroxylation sites is 1. The third-order valence-electron chi connectivity index (χ3n) is 2.93. The van der Waals surface area contributed by atoms with E-state index in [1.807, 2.05) is 0 Å². The fourth-order valence-corrected chi connectivity index (χ4v) is 1.97. The predicted octanol–water partition coefficient (Wildman–Crippen LogP) is 2.03. The maximum atomic E-state index is 12.8. The SMILES string of the molecule is NC(=O)Cc1ccccc1NC(=O)Cc1ccc(F)cc1. The summed E-state index contributed by atoms with van der Waals surface area (Å²) >= 11 is 0. The summed E-state index contributed by atoms with van der Waals surface area (Å²) < 4.78 is 12.8. The van der Waals surface area contributed by atoms with Crippen LogP contribution in [-0.2, 0) is 22.4 Å². The van der Waals surface area contributed by atoms with Crippen LogP contribution < -0.4 is 11.1 Å². The van der Waals surface area contributed by atoms with Crippen LogP contribution in [0.25, 0.3) is 0 Å². The summed E-state index contributed by atoms with van der Waals surface area (Å²) in [5.74, 6) is -1.04. The molecule has 0 radical (unpaired) electrons. The first-order valence-corrected chi connectivity index (χ1v) is 6.45. The quantitative estimate of drug-likeness (QED) is 0.882. The molecular weight excluding hydrogens is 271 g/mol. The van der Waals surface area contributed by atoms with Gasteiger partial charge in [0.1, 0.15) is 5.82 Å². The summed E-state index contributed by atoms with van der Waals surface area (Å²) in [5.41, 5.74) is 7.11. The molecule has 0 unspecified atom stereocenters. The molecule has 0 heterocycles. The number of nitrogens with two attached hydrogens (primary N) is 1. The zero-order chi connectivity index (χ0) is 15.2. The second-order valence-electron chi connectivity index (χ2n) is 4.65. The molecule has 0 aliphatic rings. The van der Waals surface area contributed by atoms with Crippen molar-refractivity contribution in [2.45, 2.75) is 12.8 Å². The minimum absolute atomic E-state index is 0.0625. The number of carbonyl (C=O) groups is 2. The maximum Gasteiger partial charge on any atom is 0.228 e. The van der Waals surface area contributed by atoms with E-state index in [-0.39, 0.29) is 24.6 Å². The van der Waals surface area contributed by atoms with Crippen molar-refractivity contribution in [1.29, 1.82) is 0 Å². The van der Waals surface area contributed by atoms with Crippen LogP contribution in [-0.4, -0.2) is 11.8 Å². The van der Waals surface area contributed by atoms with Gasteiger partial charge in [-0.3, -0.25) is 9.59 Å². The fourth-order valence-electron chi connectivity index (χ4n) is 1.97. The highest BCUT2D eigenvalue weighted by Gasteiger charge is 2.09. The van der Waals surface area contributed by atoms with E-state index >= 15 is 0 Å². The molecule has 0 bridgehead atoms. The molecule has 0 aromatic heterocycles. The number of carbonyl (C=O) groups excluding carboxylic acids is 2. The van der Waals surface area contributed by atoms with Gasteiger partial charge in [-0.25, -0.2) is 4.39 Å². The number of benzene rings is 2. The summed E-state index contributed by atoms with van der Waals surface area (Å²) in [6, 6.07) is 12.7. The molecule has 0 aliphatic heterocycles. The summed E-state index contributed by atoms with van der Waals surface area (Å²) in [5, 5.41) is 2.74. The molecule has 0 spiro atoms. The van der Waals surface area contributed by atoms with Crippen molar-refractivity contribution in [2.24, 2.45) is 5.73 Å². The van der Waals surface area contributed by atoms with Crippen LogP contribution in [0.3, 0.4) is 0 Å². The lowest BCUT2D eigenvalue weighted by Crippen LogP contribution is -2.18. The smallest absolute Gasteiger partial charge is 0.228 e. The lowest BCUT2D eigenvalue weighted by atomic mass is 10.1. The van der Waals surface area contributed by atoms with E-state index in [1.165, 1.54) is 12.1 Å². The van der Waals surface area contributed by atoms with Crippen LogP contribution in [0.2, 0.25) is 0 Å². The van der Waals surface area contributed by atoms with Gasteiger partial charge in [-0.05, 0) is 29.3 Å². The minimum Gasteiger partial charge on any atom is -0.369 e. The molecule has 0 atom stereocenters. The van der Waals surface area contributed by atoms with Crippen molar-refractivity contribution < 1.29 is 14.0 Å². The van der Waals surface area contributed by atoms with E-state index in [0.717, 1.165) is 0 Å². The highest BCUT2D eigenvalue weighted by atomic mass is 19.1. The average Bonchev–Trinajstić information content (AvgIpc) is 2.43. The Kier molecular flexibility index (Phi) is 4.66. The monoisotopic (exact) mass is 286 g/mol. The topological polar surface area (TPSA) is 72.2 Å². The maximum absolute atomic E-state index is 12.8. The summed E-state index contributed by atoms with van der Waals surface area (Å²) in [4.78, 5) is 23.0. The number of amides is 2. The molecule has 2 aromatic carbocycles. The van der Waals surface area contributed by atoms with Crippen LogP contribution in [0, 0.1) is 5.82 Å². The minimum atomic E-state index is -0.463. The molecule has 0 fully saturated rings. The molecule has 0 aliphatic carbocycles.